The highest BCUT2D eigenvalue weighted by Gasteiger charge is 2.66. The van der Waals surface area contributed by atoms with Crippen molar-refractivity contribution in [3.05, 3.63) is 71.8 Å². The molecule has 0 saturated carbocycles. The van der Waals surface area contributed by atoms with E-state index in [0.717, 1.165) is 15.5 Å². The second-order valence-electron chi connectivity index (χ2n) is 8.17. The molecule has 0 aliphatic carbocycles. The molecule has 0 radical (unpaired) electrons. The molecular weight excluding hydrogens is 436 g/mol. The number of benzene rings is 2. The normalized spacial score (nSPS) is 23.6. The Morgan fingerprint density at radius 2 is 1.65 bits per heavy atom. The van der Waals surface area contributed by atoms with Crippen LogP contribution in [0.4, 0.5) is 0 Å². The van der Waals surface area contributed by atoms with E-state index in [1.54, 1.807) is 0 Å². The standard InChI is InChI=1S/C23H23ClN2O4S/c1-23(2)19(22(29)30-14-16-11-7-4-8-12-16)25-20(28)18(21(25)31-23)26(24)17(27)13-15-9-5-3-6-10-15/h3-12,18-19,21H,13-14H2,1-2H3/t18-,19+,21-/m1/s1. The molecule has 0 aromatic heterocycles. The fourth-order valence-corrected chi connectivity index (χ4v) is 5.98. The number of nitrogens with zero attached hydrogens (tertiary/aromatic N) is 2. The van der Waals surface area contributed by atoms with Gasteiger partial charge in [0.25, 0.3) is 5.91 Å². The first-order valence-electron chi connectivity index (χ1n) is 10.0. The Morgan fingerprint density at radius 1 is 1.06 bits per heavy atom. The Hall–Kier alpha value is -2.51. The van der Waals surface area contributed by atoms with Gasteiger partial charge in [0.1, 0.15) is 18.0 Å². The average Bonchev–Trinajstić information content (AvgIpc) is 3.00. The van der Waals surface area contributed by atoms with Gasteiger partial charge >= 0.3 is 5.97 Å². The van der Waals surface area contributed by atoms with Crippen molar-refractivity contribution < 1.29 is 19.1 Å². The van der Waals surface area contributed by atoms with Gasteiger partial charge in [0.15, 0.2) is 6.04 Å². The van der Waals surface area contributed by atoms with Crippen LogP contribution in [-0.4, -0.2) is 49.3 Å². The Kier molecular flexibility index (Phi) is 5.99. The molecule has 2 saturated heterocycles. The number of halogens is 1. The van der Waals surface area contributed by atoms with Crippen molar-refractivity contribution in [1.82, 2.24) is 9.32 Å². The van der Waals surface area contributed by atoms with Crippen molar-refractivity contribution in [2.24, 2.45) is 0 Å². The number of hydrogen-bond acceptors (Lipinski definition) is 5. The lowest BCUT2D eigenvalue weighted by molar-refractivity contribution is -0.168. The number of hydrogen-bond donors (Lipinski definition) is 0. The van der Waals surface area contributed by atoms with Crippen LogP contribution in [0.5, 0.6) is 0 Å². The van der Waals surface area contributed by atoms with Crippen LogP contribution in [0.1, 0.15) is 25.0 Å². The Balaban J connectivity index is 1.43. The zero-order valence-corrected chi connectivity index (χ0v) is 18.8. The Morgan fingerprint density at radius 3 is 2.26 bits per heavy atom. The minimum absolute atomic E-state index is 0.109. The van der Waals surface area contributed by atoms with E-state index in [4.69, 9.17) is 16.5 Å². The summed E-state index contributed by atoms with van der Waals surface area (Å²) < 4.78 is 5.94. The fraction of sp³-hybridized carbons (Fsp3) is 0.348. The molecule has 2 aromatic rings. The number of amides is 2. The van der Waals surface area contributed by atoms with Gasteiger partial charge in [-0.1, -0.05) is 60.7 Å². The number of rotatable bonds is 6. The zero-order valence-electron chi connectivity index (χ0n) is 17.2. The lowest BCUT2D eigenvalue weighted by Gasteiger charge is -2.46. The van der Waals surface area contributed by atoms with E-state index >= 15 is 0 Å². The number of fused-ring (bicyclic) bond motifs is 1. The maximum Gasteiger partial charge on any atom is 0.330 e. The lowest BCUT2D eigenvalue weighted by atomic mass is 9.95. The van der Waals surface area contributed by atoms with Crippen molar-refractivity contribution in [1.29, 1.82) is 0 Å². The summed E-state index contributed by atoms with van der Waals surface area (Å²) in [6, 6.07) is 17.1. The van der Waals surface area contributed by atoms with E-state index in [1.165, 1.54) is 16.7 Å². The molecule has 31 heavy (non-hydrogen) atoms. The summed E-state index contributed by atoms with van der Waals surface area (Å²) >= 11 is 7.78. The first-order valence-corrected chi connectivity index (χ1v) is 11.2. The third-order valence-electron chi connectivity index (χ3n) is 5.54. The topological polar surface area (TPSA) is 66.9 Å². The van der Waals surface area contributed by atoms with E-state index in [-0.39, 0.29) is 30.2 Å². The number of carbonyl (C=O) groups excluding carboxylic acids is 3. The lowest BCUT2D eigenvalue weighted by Crippen LogP contribution is -2.70. The summed E-state index contributed by atoms with van der Waals surface area (Å²) in [5, 5.41) is -0.381. The molecule has 3 atom stereocenters. The second kappa shape index (κ2) is 8.55. The second-order valence-corrected chi connectivity index (χ2v) is 10.3. The third kappa shape index (κ3) is 4.16. The quantitative estimate of drug-likeness (QED) is 0.377. The molecule has 0 bridgehead atoms. The van der Waals surface area contributed by atoms with Crippen LogP contribution in [0.2, 0.25) is 0 Å². The van der Waals surface area contributed by atoms with Crippen molar-refractivity contribution in [2.45, 2.75) is 49.1 Å². The van der Waals surface area contributed by atoms with Gasteiger partial charge in [-0.2, -0.15) is 0 Å². The molecular formula is C23H23ClN2O4S. The average molecular weight is 459 g/mol. The van der Waals surface area contributed by atoms with Crippen molar-refractivity contribution in [3.63, 3.8) is 0 Å². The van der Waals surface area contributed by atoms with Crippen molar-refractivity contribution in [2.75, 3.05) is 0 Å². The highest BCUT2D eigenvalue weighted by atomic mass is 35.5. The molecule has 2 heterocycles. The molecule has 0 spiro atoms. The van der Waals surface area contributed by atoms with Crippen LogP contribution in [0, 0.1) is 0 Å². The summed E-state index contributed by atoms with van der Waals surface area (Å²) in [6.45, 7) is 3.95. The maximum absolute atomic E-state index is 12.9. The smallest absolute Gasteiger partial charge is 0.330 e. The van der Waals surface area contributed by atoms with Crippen molar-refractivity contribution in [3.8, 4) is 0 Å². The van der Waals surface area contributed by atoms with Crippen LogP contribution in [-0.2, 0) is 32.1 Å². The van der Waals surface area contributed by atoms with E-state index < -0.39 is 22.8 Å². The summed E-state index contributed by atoms with van der Waals surface area (Å²) in [5.74, 6) is -1.13. The van der Waals surface area contributed by atoms with Gasteiger partial charge in [-0.3, -0.25) is 9.59 Å². The largest absolute Gasteiger partial charge is 0.459 e. The van der Waals surface area contributed by atoms with Crippen LogP contribution in [0.25, 0.3) is 0 Å². The monoisotopic (exact) mass is 458 g/mol. The minimum Gasteiger partial charge on any atom is -0.459 e. The van der Waals surface area contributed by atoms with Gasteiger partial charge in [-0.05, 0) is 25.0 Å². The van der Waals surface area contributed by atoms with E-state index in [0.29, 0.717) is 0 Å². The zero-order chi connectivity index (χ0) is 22.2. The van der Waals surface area contributed by atoms with Crippen LogP contribution in [0.3, 0.4) is 0 Å². The van der Waals surface area contributed by atoms with Gasteiger partial charge in [-0.25, -0.2) is 9.21 Å². The SMILES string of the molecule is CC1(C)S[C@@H]2[C@H](N(Cl)C(=O)Cc3ccccc3)C(=O)N2[C@H]1C(=O)OCc1ccccc1. The number of thioether (sulfide) groups is 1. The first-order chi connectivity index (χ1) is 14.8. The molecule has 4 rings (SSSR count). The molecule has 6 nitrogen and oxygen atoms in total. The Bertz CT molecular complexity index is 986. The first kappa shape index (κ1) is 21.7. The van der Waals surface area contributed by atoms with Gasteiger partial charge in [0, 0.05) is 16.5 Å². The highest BCUT2D eigenvalue weighted by molar-refractivity contribution is 8.01. The van der Waals surface area contributed by atoms with Gasteiger partial charge in [-0.15, -0.1) is 11.8 Å². The summed E-state index contributed by atoms with van der Waals surface area (Å²) in [6.07, 6.45) is 0.109. The molecule has 2 amide bonds. The predicted molar refractivity (Wildman–Crippen MR) is 119 cm³/mol. The van der Waals surface area contributed by atoms with Gasteiger partial charge in [0.05, 0.1) is 6.42 Å². The molecule has 2 aliphatic heterocycles. The molecule has 2 aliphatic rings. The van der Waals surface area contributed by atoms with Gasteiger partial charge < -0.3 is 9.64 Å². The Labute approximate surface area is 190 Å². The molecule has 0 N–H and O–H groups in total. The minimum atomic E-state index is -0.797. The van der Waals surface area contributed by atoms with E-state index in [1.807, 2.05) is 74.5 Å². The molecule has 2 fully saturated rings. The van der Waals surface area contributed by atoms with Crippen LogP contribution < -0.4 is 0 Å². The predicted octanol–water partition coefficient (Wildman–Crippen LogP) is 3.39. The summed E-state index contributed by atoms with van der Waals surface area (Å²) in [5.41, 5.74) is 1.70. The number of carbonyl (C=O) groups is 3. The molecule has 8 heteroatoms. The van der Waals surface area contributed by atoms with E-state index in [2.05, 4.69) is 0 Å². The molecule has 0 unspecified atom stereocenters. The summed E-state index contributed by atoms with van der Waals surface area (Å²) in [4.78, 5) is 40.0. The number of β-lactam (4-membered cyclic amide) rings is 1. The van der Waals surface area contributed by atoms with Gasteiger partial charge in [0.2, 0.25) is 5.91 Å². The van der Waals surface area contributed by atoms with Crippen LogP contribution >= 0.6 is 23.5 Å². The molecule has 162 valence electrons. The number of esters is 1. The number of ether oxygens (including phenoxy) is 1. The highest BCUT2D eigenvalue weighted by Crippen LogP contribution is 2.52. The molecule has 2 aromatic carbocycles. The van der Waals surface area contributed by atoms with Crippen molar-refractivity contribution >= 4 is 41.3 Å². The summed E-state index contributed by atoms with van der Waals surface area (Å²) in [7, 11) is 0. The third-order valence-corrected chi connectivity index (χ3v) is 7.50. The fourth-order valence-electron chi connectivity index (χ4n) is 3.99. The maximum atomic E-state index is 12.9. The van der Waals surface area contributed by atoms with E-state index in [9.17, 15) is 14.4 Å². The van der Waals surface area contributed by atoms with Crippen LogP contribution in [0.15, 0.2) is 60.7 Å².